The molecule has 0 fully saturated rings. The Bertz CT molecular complexity index is 358. The molecule has 0 aliphatic rings. The first-order valence-corrected chi connectivity index (χ1v) is 6.68. The van der Waals surface area contributed by atoms with Gasteiger partial charge in [-0.15, -0.1) is 0 Å². The van der Waals surface area contributed by atoms with E-state index in [1.807, 2.05) is 6.92 Å². The smallest absolute Gasteiger partial charge is 0.218 e. The lowest BCUT2D eigenvalue weighted by Gasteiger charge is -2.15. The highest BCUT2D eigenvalue weighted by molar-refractivity contribution is 5.26. The number of nitrogens with zero attached hydrogens (tertiary/aromatic N) is 1. The van der Waals surface area contributed by atoms with Gasteiger partial charge in [-0.2, -0.15) is 0 Å². The molecule has 1 aromatic heterocycles. The normalized spacial score (nSPS) is 12.4. The first-order chi connectivity index (χ1) is 8.67. The maximum atomic E-state index is 13.0. The number of nitrogens with two attached hydrogens (primary N) is 1. The Balaban J connectivity index is 2.45. The lowest BCUT2D eigenvalue weighted by atomic mass is 10.1. The fourth-order valence-corrected chi connectivity index (χ4v) is 1.83. The summed E-state index contributed by atoms with van der Waals surface area (Å²) >= 11 is 0. The second-order valence-corrected chi connectivity index (χ2v) is 4.60. The van der Waals surface area contributed by atoms with E-state index in [9.17, 15) is 4.39 Å². The van der Waals surface area contributed by atoms with Gasteiger partial charge in [0.05, 0.1) is 12.3 Å². The molecule has 4 heteroatoms. The topological polar surface area (TPSA) is 48.1 Å². The van der Waals surface area contributed by atoms with Crippen LogP contribution in [-0.2, 0) is 6.54 Å². The summed E-state index contributed by atoms with van der Waals surface area (Å²) in [7, 11) is 0. The van der Waals surface area contributed by atoms with Gasteiger partial charge >= 0.3 is 0 Å². The van der Waals surface area contributed by atoms with Gasteiger partial charge in [0.1, 0.15) is 5.82 Å². The van der Waals surface area contributed by atoms with E-state index in [0.717, 1.165) is 19.0 Å². The average Bonchev–Trinajstić information content (AvgIpc) is 2.37. The molecule has 2 N–H and O–H groups in total. The molecule has 0 amide bonds. The molecule has 0 radical (unpaired) electrons. The van der Waals surface area contributed by atoms with Gasteiger partial charge in [-0.05, 0) is 25.8 Å². The van der Waals surface area contributed by atoms with Crippen LogP contribution < -0.4 is 10.5 Å². The number of unbranched alkanes of at least 4 members (excludes halogenated alkanes) is 3. The second-order valence-electron chi connectivity index (χ2n) is 4.60. The van der Waals surface area contributed by atoms with Crippen molar-refractivity contribution in [2.75, 3.05) is 0 Å². The summed E-state index contributed by atoms with van der Waals surface area (Å²) in [5.74, 6) is 0.0836. The molecule has 0 bridgehead atoms. The molecule has 0 aromatic carbocycles. The second kappa shape index (κ2) is 8.03. The van der Waals surface area contributed by atoms with Crippen molar-refractivity contribution in [3.05, 3.63) is 23.6 Å². The highest BCUT2D eigenvalue weighted by Gasteiger charge is 2.10. The Morgan fingerprint density at radius 1 is 1.39 bits per heavy atom. The monoisotopic (exact) mass is 254 g/mol. The van der Waals surface area contributed by atoms with Crippen molar-refractivity contribution >= 4 is 0 Å². The molecule has 102 valence electrons. The molecule has 0 saturated heterocycles. The molecule has 1 heterocycles. The summed E-state index contributed by atoms with van der Waals surface area (Å²) in [5.41, 5.74) is 6.17. The molecule has 0 saturated carbocycles. The van der Waals surface area contributed by atoms with Gasteiger partial charge in [-0.1, -0.05) is 26.2 Å². The third-order valence-electron chi connectivity index (χ3n) is 2.89. The van der Waals surface area contributed by atoms with Crippen LogP contribution in [0.4, 0.5) is 4.39 Å². The van der Waals surface area contributed by atoms with Crippen molar-refractivity contribution in [3.8, 4) is 5.88 Å². The molecule has 0 aliphatic heterocycles. The SMILES string of the molecule is CCCCCCC(C)Oc1ncc(F)cc1CN. The standard InChI is InChI=1S/C14H23FN2O/c1-3-4-5-6-7-11(2)18-14-12(9-16)8-13(15)10-17-14/h8,10-11H,3-7,9,16H2,1-2H3. The predicted molar refractivity (Wildman–Crippen MR) is 70.9 cm³/mol. The van der Waals surface area contributed by atoms with Crippen LogP contribution in [0.25, 0.3) is 0 Å². The molecule has 18 heavy (non-hydrogen) atoms. The number of aromatic nitrogens is 1. The third-order valence-corrected chi connectivity index (χ3v) is 2.89. The van der Waals surface area contributed by atoms with E-state index >= 15 is 0 Å². The minimum atomic E-state index is -0.376. The zero-order chi connectivity index (χ0) is 13.4. The van der Waals surface area contributed by atoms with Gasteiger partial charge in [0.15, 0.2) is 0 Å². The summed E-state index contributed by atoms with van der Waals surface area (Å²) in [6, 6.07) is 1.38. The van der Waals surface area contributed by atoms with Gasteiger partial charge in [0.2, 0.25) is 5.88 Å². The minimum Gasteiger partial charge on any atom is -0.474 e. The predicted octanol–water partition coefficient (Wildman–Crippen LogP) is 3.42. The number of rotatable bonds is 8. The van der Waals surface area contributed by atoms with Crippen molar-refractivity contribution < 1.29 is 9.13 Å². The van der Waals surface area contributed by atoms with Crippen molar-refractivity contribution in [2.24, 2.45) is 5.73 Å². The summed E-state index contributed by atoms with van der Waals surface area (Å²) in [4.78, 5) is 3.96. The van der Waals surface area contributed by atoms with E-state index in [1.54, 1.807) is 0 Å². The summed E-state index contributed by atoms with van der Waals surface area (Å²) in [5, 5.41) is 0. The van der Waals surface area contributed by atoms with Crippen molar-refractivity contribution in [2.45, 2.75) is 58.6 Å². The molecule has 0 aliphatic carbocycles. The van der Waals surface area contributed by atoms with E-state index in [4.69, 9.17) is 10.5 Å². The molecular formula is C14H23FN2O. The largest absolute Gasteiger partial charge is 0.474 e. The van der Waals surface area contributed by atoms with Gasteiger partial charge < -0.3 is 10.5 Å². The van der Waals surface area contributed by atoms with Gasteiger partial charge in [-0.25, -0.2) is 9.37 Å². The molecule has 1 aromatic rings. The van der Waals surface area contributed by atoms with Gasteiger partial charge in [0.25, 0.3) is 0 Å². The lowest BCUT2D eigenvalue weighted by molar-refractivity contribution is 0.195. The van der Waals surface area contributed by atoms with E-state index in [1.165, 1.54) is 25.3 Å². The Morgan fingerprint density at radius 3 is 2.83 bits per heavy atom. The van der Waals surface area contributed by atoms with Gasteiger partial charge in [-0.3, -0.25) is 0 Å². The summed E-state index contributed by atoms with van der Waals surface area (Å²) in [6.07, 6.45) is 7.10. The Labute approximate surface area is 109 Å². The van der Waals surface area contributed by atoms with Crippen LogP contribution in [0.15, 0.2) is 12.3 Å². The average molecular weight is 254 g/mol. The van der Waals surface area contributed by atoms with Crippen LogP contribution in [0.1, 0.15) is 51.5 Å². The van der Waals surface area contributed by atoms with Crippen molar-refractivity contribution in [1.82, 2.24) is 4.98 Å². The van der Waals surface area contributed by atoms with Crippen LogP contribution in [0.5, 0.6) is 5.88 Å². The lowest BCUT2D eigenvalue weighted by Crippen LogP contribution is -2.15. The molecule has 1 atom stereocenters. The van der Waals surface area contributed by atoms with Gasteiger partial charge in [0, 0.05) is 12.1 Å². The van der Waals surface area contributed by atoms with E-state index in [2.05, 4.69) is 11.9 Å². The summed E-state index contributed by atoms with van der Waals surface area (Å²) in [6.45, 7) is 4.44. The maximum absolute atomic E-state index is 13.0. The van der Waals surface area contributed by atoms with E-state index in [-0.39, 0.29) is 18.5 Å². The number of hydrogen-bond donors (Lipinski definition) is 1. The molecule has 1 unspecified atom stereocenters. The van der Waals surface area contributed by atoms with Crippen LogP contribution >= 0.6 is 0 Å². The Kier molecular flexibility index (Phi) is 6.65. The van der Waals surface area contributed by atoms with Crippen LogP contribution in [0.2, 0.25) is 0 Å². The maximum Gasteiger partial charge on any atom is 0.218 e. The Morgan fingerprint density at radius 2 is 2.17 bits per heavy atom. The zero-order valence-corrected chi connectivity index (χ0v) is 11.3. The fourth-order valence-electron chi connectivity index (χ4n) is 1.83. The fraction of sp³-hybridized carbons (Fsp3) is 0.643. The Hall–Kier alpha value is -1.16. The molecule has 1 rings (SSSR count). The molecule has 3 nitrogen and oxygen atoms in total. The van der Waals surface area contributed by atoms with E-state index < -0.39 is 0 Å². The third kappa shape index (κ3) is 5.00. The van der Waals surface area contributed by atoms with Crippen LogP contribution in [0.3, 0.4) is 0 Å². The molecular weight excluding hydrogens is 231 g/mol. The van der Waals surface area contributed by atoms with E-state index in [0.29, 0.717) is 11.4 Å². The van der Waals surface area contributed by atoms with Crippen molar-refractivity contribution in [3.63, 3.8) is 0 Å². The molecule has 0 spiro atoms. The number of halogens is 1. The highest BCUT2D eigenvalue weighted by Crippen LogP contribution is 2.18. The number of ether oxygens (including phenoxy) is 1. The van der Waals surface area contributed by atoms with Crippen LogP contribution in [-0.4, -0.2) is 11.1 Å². The number of hydrogen-bond acceptors (Lipinski definition) is 3. The first kappa shape index (κ1) is 14.9. The quantitative estimate of drug-likeness (QED) is 0.723. The van der Waals surface area contributed by atoms with Crippen LogP contribution in [0, 0.1) is 5.82 Å². The highest BCUT2D eigenvalue weighted by atomic mass is 19.1. The van der Waals surface area contributed by atoms with Crippen molar-refractivity contribution in [1.29, 1.82) is 0 Å². The minimum absolute atomic E-state index is 0.0881. The zero-order valence-electron chi connectivity index (χ0n) is 11.3. The first-order valence-electron chi connectivity index (χ1n) is 6.68. The number of pyridine rings is 1. The summed E-state index contributed by atoms with van der Waals surface area (Å²) < 4.78 is 18.7.